The molecule has 28 heavy (non-hydrogen) atoms. The number of aryl methyl sites for hydroxylation is 2. The van der Waals surface area contributed by atoms with E-state index in [2.05, 4.69) is 20.6 Å². The van der Waals surface area contributed by atoms with Crippen molar-refractivity contribution in [3.8, 4) is 11.5 Å². The van der Waals surface area contributed by atoms with Gasteiger partial charge in [-0.15, -0.1) is 0 Å². The summed E-state index contributed by atoms with van der Waals surface area (Å²) in [6, 6.07) is 11.3. The second-order valence-electron chi connectivity index (χ2n) is 6.28. The van der Waals surface area contributed by atoms with Gasteiger partial charge in [0.25, 0.3) is 5.91 Å². The maximum absolute atomic E-state index is 12.5. The molecule has 144 valence electrons. The molecule has 0 saturated carbocycles. The van der Waals surface area contributed by atoms with E-state index in [0.29, 0.717) is 28.7 Å². The van der Waals surface area contributed by atoms with Crippen molar-refractivity contribution in [2.24, 2.45) is 0 Å². The maximum atomic E-state index is 12.5. The Morgan fingerprint density at radius 1 is 0.857 bits per heavy atom. The van der Waals surface area contributed by atoms with E-state index in [-0.39, 0.29) is 5.91 Å². The topological polar surface area (TPSA) is 85.4 Å². The van der Waals surface area contributed by atoms with Crippen molar-refractivity contribution in [2.75, 3.05) is 24.9 Å². The van der Waals surface area contributed by atoms with E-state index < -0.39 is 0 Å². The fraction of sp³-hybridized carbons (Fsp3) is 0.190. The lowest BCUT2D eigenvalue weighted by atomic mass is 10.2. The van der Waals surface area contributed by atoms with Crippen LogP contribution in [0.5, 0.6) is 11.5 Å². The molecule has 0 atom stereocenters. The van der Waals surface area contributed by atoms with Crippen LogP contribution in [0, 0.1) is 13.8 Å². The van der Waals surface area contributed by atoms with Crippen molar-refractivity contribution < 1.29 is 14.3 Å². The third-order valence-electron chi connectivity index (χ3n) is 4.12. The fourth-order valence-corrected chi connectivity index (χ4v) is 2.66. The number of methoxy groups -OCH3 is 2. The highest BCUT2D eigenvalue weighted by atomic mass is 16.5. The van der Waals surface area contributed by atoms with Crippen LogP contribution in [0.25, 0.3) is 0 Å². The molecule has 0 unspecified atom stereocenters. The number of amides is 1. The molecule has 7 nitrogen and oxygen atoms in total. The maximum Gasteiger partial charge on any atom is 0.258 e. The number of nitrogens with one attached hydrogen (secondary N) is 2. The minimum absolute atomic E-state index is 0.316. The molecule has 0 fully saturated rings. The van der Waals surface area contributed by atoms with Crippen LogP contribution in [0.1, 0.15) is 21.5 Å². The first kappa shape index (κ1) is 19.2. The molecule has 2 N–H and O–H groups in total. The van der Waals surface area contributed by atoms with Gasteiger partial charge in [0.15, 0.2) is 0 Å². The molecule has 0 spiro atoms. The highest BCUT2D eigenvalue weighted by Crippen LogP contribution is 2.28. The number of benzene rings is 2. The van der Waals surface area contributed by atoms with E-state index in [1.54, 1.807) is 14.2 Å². The number of aromatic nitrogens is 2. The number of hydrogen-bond donors (Lipinski definition) is 2. The van der Waals surface area contributed by atoms with Crippen LogP contribution in [0.15, 0.2) is 48.8 Å². The number of carbonyl (C=O) groups is 1. The van der Waals surface area contributed by atoms with Crippen molar-refractivity contribution >= 4 is 23.2 Å². The van der Waals surface area contributed by atoms with Gasteiger partial charge in [0.05, 0.1) is 31.2 Å². The Balaban J connectivity index is 1.75. The van der Waals surface area contributed by atoms with Crippen LogP contribution in [-0.2, 0) is 0 Å². The Morgan fingerprint density at radius 3 is 1.96 bits per heavy atom. The summed E-state index contributed by atoms with van der Waals surface area (Å²) in [5.74, 6) is 1.32. The zero-order chi connectivity index (χ0) is 20.1. The van der Waals surface area contributed by atoms with E-state index in [1.807, 2.05) is 50.2 Å². The van der Waals surface area contributed by atoms with Crippen LogP contribution in [0.4, 0.5) is 17.3 Å². The first-order chi connectivity index (χ1) is 13.5. The number of ether oxygens (including phenoxy) is 2. The van der Waals surface area contributed by atoms with Gasteiger partial charge in [-0.3, -0.25) is 4.79 Å². The van der Waals surface area contributed by atoms with Gasteiger partial charge in [-0.25, -0.2) is 9.97 Å². The Bertz CT molecular complexity index is 987. The Morgan fingerprint density at radius 2 is 1.39 bits per heavy atom. The summed E-state index contributed by atoms with van der Waals surface area (Å²) >= 11 is 0. The summed E-state index contributed by atoms with van der Waals surface area (Å²) in [4.78, 5) is 21.0. The largest absolute Gasteiger partial charge is 0.495 e. The predicted octanol–water partition coefficient (Wildman–Crippen LogP) is 4.11. The van der Waals surface area contributed by atoms with Gasteiger partial charge in [-0.05, 0) is 49.2 Å². The number of rotatable bonds is 6. The summed E-state index contributed by atoms with van der Waals surface area (Å²) in [7, 11) is 3.16. The highest BCUT2D eigenvalue weighted by molar-refractivity contribution is 6.04. The van der Waals surface area contributed by atoms with E-state index in [4.69, 9.17) is 9.47 Å². The molecule has 1 amide bonds. The molecule has 7 heteroatoms. The lowest BCUT2D eigenvalue weighted by Gasteiger charge is -2.12. The summed E-state index contributed by atoms with van der Waals surface area (Å²) in [6.07, 6.45) is 2.93. The number of anilines is 3. The Labute approximate surface area is 163 Å². The molecular weight excluding hydrogens is 356 g/mol. The van der Waals surface area contributed by atoms with Crippen molar-refractivity contribution in [2.45, 2.75) is 13.8 Å². The van der Waals surface area contributed by atoms with Gasteiger partial charge in [-0.1, -0.05) is 12.1 Å². The van der Waals surface area contributed by atoms with Crippen molar-refractivity contribution in [3.05, 3.63) is 65.5 Å². The number of carbonyl (C=O) groups excluding carboxylic acids is 1. The SMILES string of the molecule is COc1ccc(C)cc1NC(=O)c1cnc(Nc2cc(C)ccc2OC)nc1. The van der Waals surface area contributed by atoms with Crippen molar-refractivity contribution in [3.63, 3.8) is 0 Å². The van der Waals surface area contributed by atoms with Gasteiger partial charge in [0.1, 0.15) is 11.5 Å². The normalized spacial score (nSPS) is 10.3. The van der Waals surface area contributed by atoms with Crippen LogP contribution in [0.3, 0.4) is 0 Å². The van der Waals surface area contributed by atoms with Crippen LogP contribution >= 0.6 is 0 Å². The van der Waals surface area contributed by atoms with Crippen LogP contribution in [-0.4, -0.2) is 30.1 Å². The van der Waals surface area contributed by atoms with Crippen LogP contribution < -0.4 is 20.1 Å². The van der Waals surface area contributed by atoms with Gasteiger partial charge in [0, 0.05) is 12.4 Å². The smallest absolute Gasteiger partial charge is 0.258 e. The predicted molar refractivity (Wildman–Crippen MR) is 109 cm³/mol. The summed E-state index contributed by atoms with van der Waals surface area (Å²) < 4.78 is 10.6. The third kappa shape index (κ3) is 4.37. The summed E-state index contributed by atoms with van der Waals surface area (Å²) in [5.41, 5.74) is 3.78. The standard InChI is InChI=1S/C21H22N4O3/c1-13-5-7-18(27-3)16(9-13)24-20(26)15-11-22-21(23-12-15)25-17-10-14(2)6-8-19(17)28-4/h5-12H,1-4H3,(H,24,26)(H,22,23,25). The summed E-state index contributed by atoms with van der Waals surface area (Å²) in [5, 5.41) is 5.94. The molecule has 3 rings (SSSR count). The molecular formula is C21H22N4O3. The summed E-state index contributed by atoms with van der Waals surface area (Å²) in [6.45, 7) is 3.93. The van der Waals surface area contributed by atoms with Crippen molar-refractivity contribution in [1.29, 1.82) is 0 Å². The highest BCUT2D eigenvalue weighted by Gasteiger charge is 2.12. The molecule has 0 saturated heterocycles. The Hall–Kier alpha value is -3.61. The molecule has 2 aromatic carbocycles. The average molecular weight is 378 g/mol. The lowest BCUT2D eigenvalue weighted by molar-refractivity contribution is 0.102. The molecule has 0 aliphatic rings. The molecule has 0 bridgehead atoms. The second kappa shape index (κ2) is 8.39. The zero-order valence-corrected chi connectivity index (χ0v) is 16.2. The molecule has 0 aliphatic heterocycles. The van der Waals surface area contributed by atoms with Gasteiger partial charge < -0.3 is 20.1 Å². The average Bonchev–Trinajstić information content (AvgIpc) is 2.69. The van der Waals surface area contributed by atoms with Crippen LogP contribution in [0.2, 0.25) is 0 Å². The van der Waals surface area contributed by atoms with Gasteiger partial charge in [-0.2, -0.15) is 0 Å². The van der Waals surface area contributed by atoms with Gasteiger partial charge >= 0.3 is 0 Å². The van der Waals surface area contributed by atoms with E-state index in [0.717, 1.165) is 16.8 Å². The monoisotopic (exact) mass is 378 g/mol. The fourth-order valence-electron chi connectivity index (χ4n) is 2.66. The lowest BCUT2D eigenvalue weighted by Crippen LogP contribution is -2.14. The third-order valence-corrected chi connectivity index (χ3v) is 4.12. The first-order valence-corrected chi connectivity index (χ1v) is 8.70. The van der Waals surface area contributed by atoms with E-state index in [9.17, 15) is 4.79 Å². The number of nitrogens with zero attached hydrogens (tertiary/aromatic N) is 2. The minimum atomic E-state index is -0.316. The Kier molecular flexibility index (Phi) is 5.74. The molecule has 1 aromatic heterocycles. The molecule has 0 aliphatic carbocycles. The number of hydrogen-bond acceptors (Lipinski definition) is 6. The first-order valence-electron chi connectivity index (χ1n) is 8.70. The minimum Gasteiger partial charge on any atom is -0.495 e. The van der Waals surface area contributed by atoms with Crippen molar-refractivity contribution in [1.82, 2.24) is 9.97 Å². The molecule has 0 radical (unpaired) electrons. The molecule has 3 aromatic rings. The van der Waals surface area contributed by atoms with E-state index in [1.165, 1.54) is 12.4 Å². The molecule has 1 heterocycles. The van der Waals surface area contributed by atoms with Gasteiger partial charge in [0.2, 0.25) is 5.95 Å². The zero-order valence-electron chi connectivity index (χ0n) is 16.2. The quantitative estimate of drug-likeness (QED) is 0.671. The van der Waals surface area contributed by atoms with E-state index >= 15 is 0 Å². The second-order valence-corrected chi connectivity index (χ2v) is 6.28.